The Balaban J connectivity index is 2.15. The minimum absolute atomic E-state index is 0.0799. The second kappa shape index (κ2) is 1.50. The molecule has 0 bridgehead atoms. The minimum Gasteiger partial charge on any atom is -0.287 e. The van der Waals surface area contributed by atoms with Crippen molar-refractivity contribution in [2.75, 3.05) is 0 Å². The maximum atomic E-state index is 10.7. The molecule has 2 fully saturated rings. The van der Waals surface area contributed by atoms with Gasteiger partial charge < -0.3 is 0 Å². The first-order valence-corrected chi connectivity index (χ1v) is 3.67. The highest BCUT2D eigenvalue weighted by molar-refractivity contribution is 8.14. The summed E-state index contributed by atoms with van der Waals surface area (Å²) in [5, 5.41) is 2.39. The van der Waals surface area contributed by atoms with Crippen LogP contribution in [-0.4, -0.2) is 16.4 Å². The monoisotopic (exact) mass is 143 g/mol. The highest BCUT2D eigenvalue weighted by atomic mass is 32.2. The average Bonchev–Trinajstić information content (AvgIpc) is 2.43. The zero-order valence-electron chi connectivity index (χ0n) is 4.59. The summed E-state index contributed by atoms with van der Waals surface area (Å²) in [5.74, 6) is 0.0662. The second-order valence-corrected chi connectivity index (χ2v) is 3.49. The topological polar surface area (TPSA) is 46.2 Å². The molecule has 2 atom stereocenters. The lowest BCUT2D eigenvalue weighted by Gasteiger charge is -2.06. The van der Waals surface area contributed by atoms with Crippen molar-refractivity contribution in [1.82, 2.24) is 5.32 Å². The molecule has 1 N–H and O–H groups in total. The van der Waals surface area contributed by atoms with Gasteiger partial charge in [0.05, 0.1) is 5.92 Å². The van der Waals surface area contributed by atoms with Crippen LogP contribution < -0.4 is 5.32 Å². The van der Waals surface area contributed by atoms with Gasteiger partial charge in [-0.2, -0.15) is 0 Å². The number of carbonyl (C=O) groups is 2. The maximum absolute atomic E-state index is 10.7. The molecule has 0 spiro atoms. The molecule has 1 heterocycles. The fourth-order valence-corrected chi connectivity index (χ4v) is 1.96. The molecule has 0 aromatic carbocycles. The van der Waals surface area contributed by atoms with Gasteiger partial charge in [0, 0.05) is 5.25 Å². The van der Waals surface area contributed by atoms with Crippen LogP contribution in [0.1, 0.15) is 6.42 Å². The maximum Gasteiger partial charge on any atom is 0.285 e. The Morgan fingerprint density at radius 3 is 3.00 bits per heavy atom. The van der Waals surface area contributed by atoms with E-state index in [9.17, 15) is 9.59 Å². The van der Waals surface area contributed by atoms with Crippen molar-refractivity contribution >= 4 is 22.9 Å². The van der Waals surface area contributed by atoms with E-state index in [4.69, 9.17) is 0 Å². The van der Waals surface area contributed by atoms with Gasteiger partial charge in [-0.25, -0.2) is 0 Å². The lowest BCUT2D eigenvalue weighted by molar-refractivity contribution is -0.121. The molecule has 1 aliphatic carbocycles. The van der Waals surface area contributed by atoms with Gasteiger partial charge in [-0.1, -0.05) is 11.8 Å². The third-order valence-electron chi connectivity index (χ3n) is 1.55. The van der Waals surface area contributed by atoms with Gasteiger partial charge in [-0.15, -0.1) is 0 Å². The smallest absolute Gasteiger partial charge is 0.285 e. The zero-order chi connectivity index (χ0) is 6.43. The standard InChI is InChI=1S/C5H5NO2S/c7-4-2-1-3(2)9-5(8)6-4/h2-3H,1H2,(H,6,7,8). The number of imide groups is 1. The minimum atomic E-state index is -0.182. The van der Waals surface area contributed by atoms with E-state index in [1.165, 1.54) is 11.8 Å². The Bertz CT molecular complexity index is 191. The summed E-state index contributed by atoms with van der Waals surface area (Å²) in [6.45, 7) is 0. The van der Waals surface area contributed by atoms with Gasteiger partial charge in [-0.05, 0) is 6.42 Å². The summed E-state index contributed by atoms with van der Waals surface area (Å²) in [7, 11) is 0. The molecule has 2 amide bonds. The highest BCUT2D eigenvalue weighted by Gasteiger charge is 2.49. The van der Waals surface area contributed by atoms with Crippen molar-refractivity contribution < 1.29 is 9.59 Å². The number of amides is 2. The fraction of sp³-hybridized carbons (Fsp3) is 0.600. The molecular weight excluding hydrogens is 138 g/mol. The second-order valence-electron chi connectivity index (χ2n) is 2.28. The highest BCUT2D eigenvalue weighted by Crippen LogP contribution is 2.44. The average molecular weight is 143 g/mol. The Labute approximate surface area is 56.2 Å². The van der Waals surface area contributed by atoms with E-state index < -0.39 is 0 Å². The molecule has 1 aliphatic heterocycles. The normalized spacial score (nSPS) is 39.6. The lowest BCUT2D eigenvalue weighted by Crippen LogP contribution is -2.33. The third-order valence-corrected chi connectivity index (χ3v) is 2.69. The molecule has 2 unspecified atom stereocenters. The number of hydrogen-bond acceptors (Lipinski definition) is 3. The van der Waals surface area contributed by atoms with Gasteiger partial charge in [0.25, 0.3) is 5.24 Å². The third kappa shape index (κ3) is 0.738. The number of nitrogens with one attached hydrogen (secondary N) is 1. The molecule has 9 heavy (non-hydrogen) atoms. The van der Waals surface area contributed by atoms with Gasteiger partial charge in [0.15, 0.2) is 0 Å². The van der Waals surface area contributed by atoms with Crippen molar-refractivity contribution in [3.8, 4) is 0 Å². The van der Waals surface area contributed by atoms with Gasteiger partial charge >= 0.3 is 0 Å². The Morgan fingerprint density at radius 1 is 1.56 bits per heavy atom. The van der Waals surface area contributed by atoms with E-state index in [-0.39, 0.29) is 17.1 Å². The number of fused-ring (bicyclic) bond motifs is 1. The van der Waals surface area contributed by atoms with Crippen molar-refractivity contribution in [3.05, 3.63) is 0 Å². The van der Waals surface area contributed by atoms with E-state index >= 15 is 0 Å². The van der Waals surface area contributed by atoms with E-state index in [1.807, 2.05) is 0 Å². The first kappa shape index (κ1) is 5.29. The summed E-state index contributed by atoms with van der Waals surface area (Å²) in [4.78, 5) is 21.2. The molecule has 2 aliphatic rings. The van der Waals surface area contributed by atoms with Crippen LogP contribution in [0.4, 0.5) is 4.79 Å². The van der Waals surface area contributed by atoms with Crippen LogP contribution in [0, 0.1) is 5.92 Å². The number of hydrogen-bond donors (Lipinski definition) is 1. The summed E-state index contributed by atoms with van der Waals surface area (Å²) in [6.07, 6.45) is 0.891. The molecule has 48 valence electrons. The first-order valence-electron chi connectivity index (χ1n) is 2.79. The summed E-state index contributed by atoms with van der Waals surface area (Å²) >= 11 is 1.25. The van der Waals surface area contributed by atoms with Crippen molar-refractivity contribution in [2.45, 2.75) is 11.7 Å². The molecular formula is C5H5NO2S. The van der Waals surface area contributed by atoms with E-state index in [2.05, 4.69) is 5.32 Å². The van der Waals surface area contributed by atoms with Crippen molar-refractivity contribution in [1.29, 1.82) is 0 Å². The van der Waals surface area contributed by atoms with Gasteiger partial charge in [0.2, 0.25) is 5.91 Å². The molecule has 4 heteroatoms. The van der Waals surface area contributed by atoms with Crippen LogP contribution >= 0.6 is 11.8 Å². The predicted octanol–water partition coefficient (Wildman–Crippen LogP) is 0.358. The van der Waals surface area contributed by atoms with E-state index in [1.54, 1.807) is 0 Å². The molecule has 0 aromatic heterocycles. The Hall–Kier alpha value is -0.510. The Morgan fingerprint density at radius 2 is 2.33 bits per heavy atom. The van der Waals surface area contributed by atoms with Gasteiger partial charge in [-0.3, -0.25) is 14.9 Å². The van der Waals surface area contributed by atoms with Gasteiger partial charge in [0.1, 0.15) is 0 Å². The molecule has 0 radical (unpaired) electrons. The molecule has 0 aromatic rings. The summed E-state index contributed by atoms with van der Waals surface area (Å²) in [5.41, 5.74) is 0. The molecule has 1 saturated heterocycles. The number of thioether (sulfide) groups is 1. The van der Waals surface area contributed by atoms with Crippen LogP contribution in [0.5, 0.6) is 0 Å². The van der Waals surface area contributed by atoms with E-state index in [0.717, 1.165) is 6.42 Å². The summed E-state index contributed by atoms with van der Waals surface area (Å²) < 4.78 is 0. The lowest BCUT2D eigenvalue weighted by atomic mass is 10.4. The quantitative estimate of drug-likeness (QED) is 0.532. The largest absolute Gasteiger partial charge is 0.287 e. The van der Waals surface area contributed by atoms with E-state index in [0.29, 0.717) is 5.25 Å². The van der Waals surface area contributed by atoms with Crippen molar-refractivity contribution in [2.24, 2.45) is 5.92 Å². The van der Waals surface area contributed by atoms with Crippen LogP contribution in [0.3, 0.4) is 0 Å². The Kier molecular flexibility index (Phi) is 0.883. The number of carbonyl (C=O) groups excluding carboxylic acids is 2. The van der Waals surface area contributed by atoms with Crippen molar-refractivity contribution in [3.63, 3.8) is 0 Å². The first-order chi connectivity index (χ1) is 4.27. The zero-order valence-corrected chi connectivity index (χ0v) is 5.40. The van der Waals surface area contributed by atoms with Crippen LogP contribution in [0.15, 0.2) is 0 Å². The SMILES string of the molecule is O=C1NC(=O)C2CC2S1. The predicted molar refractivity (Wildman–Crippen MR) is 33.0 cm³/mol. The molecule has 1 saturated carbocycles. The van der Waals surface area contributed by atoms with Crippen LogP contribution in [0.25, 0.3) is 0 Å². The van der Waals surface area contributed by atoms with Crippen LogP contribution in [-0.2, 0) is 4.79 Å². The summed E-state index contributed by atoms with van der Waals surface area (Å²) in [6, 6.07) is 0. The number of rotatable bonds is 0. The molecule has 2 rings (SSSR count). The fourth-order valence-electron chi connectivity index (χ4n) is 0.938. The molecule has 3 nitrogen and oxygen atoms in total. The van der Waals surface area contributed by atoms with Crippen LogP contribution in [0.2, 0.25) is 0 Å².